The Balaban J connectivity index is 1.57. The van der Waals surface area contributed by atoms with Crippen molar-refractivity contribution in [3.63, 3.8) is 0 Å². The van der Waals surface area contributed by atoms with Gasteiger partial charge in [-0.3, -0.25) is 4.79 Å². The van der Waals surface area contributed by atoms with Crippen molar-refractivity contribution in [2.24, 2.45) is 11.8 Å². The Labute approximate surface area is 146 Å². The monoisotopic (exact) mass is 356 g/mol. The third-order valence-electron chi connectivity index (χ3n) is 6.18. The van der Waals surface area contributed by atoms with Gasteiger partial charge in [0.05, 0.1) is 5.75 Å². The van der Waals surface area contributed by atoms with Crippen LogP contribution in [0.25, 0.3) is 0 Å². The number of likely N-dealkylation sites (tertiary alicyclic amines) is 1. The van der Waals surface area contributed by atoms with Crippen LogP contribution in [-0.4, -0.2) is 55.0 Å². The number of piperidine rings is 1. The summed E-state index contributed by atoms with van der Waals surface area (Å²) in [5.41, 5.74) is 0. The fourth-order valence-electron chi connectivity index (χ4n) is 4.90. The van der Waals surface area contributed by atoms with E-state index in [-0.39, 0.29) is 11.7 Å². The highest BCUT2D eigenvalue weighted by atomic mass is 32.2. The molecule has 1 amide bonds. The van der Waals surface area contributed by atoms with Crippen molar-refractivity contribution < 1.29 is 13.2 Å². The van der Waals surface area contributed by atoms with E-state index >= 15 is 0 Å². The quantitative estimate of drug-likeness (QED) is 0.761. The first kappa shape index (κ1) is 18.2. The van der Waals surface area contributed by atoms with Crippen molar-refractivity contribution in [1.82, 2.24) is 9.21 Å². The standard InChI is InChI=1S/C18H32N2O3S/c1-2-14-24(22,23)19-12-9-16(10-13-19)18(21)20-11-5-8-17(20)15-6-3-4-7-15/h15-17H,2-14H2,1H3/t17-/m1/s1. The summed E-state index contributed by atoms with van der Waals surface area (Å²) >= 11 is 0. The average molecular weight is 357 g/mol. The molecule has 3 fully saturated rings. The lowest BCUT2D eigenvalue weighted by Gasteiger charge is -2.36. The van der Waals surface area contributed by atoms with Gasteiger partial charge in [0.15, 0.2) is 0 Å². The molecule has 5 nitrogen and oxygen atoms in total. The van der Waals surface area contributed by atoms with Gasteiger partial charge < -0.3 is 4.90 Å². The van der Waals surface area contributed by atoms with Crippen LogP contribution in [0, 0.1) is 11.8 Å². The van der Waals surface area contributed by atoms with Crippen LogP contribution in [0.2, 0.25) is 0 Å². The lowest BCUT2D eigenvalue weighted by molar-refractivity contribution is -0.138. The fraction of sp³-hybridized carbons (Fsp3) is 0.944. The molecule has 0 unspecified atom stereocenters. The molecule has 2 aliphatic heterocycles. The SMILES string of the molecule is CCCS(=O)(=O)N1CCC(C(=O)N2CCC[C@@H]2C2CCCC2)CC1. The summed E-state index contributed by atoms with van der Waals surface area (Å²) in [6.45, 7) is 3.83. The number of carbonyl (C=O) groups excluding carboxylic acids is 1. The molecule has 1 aliphatic carbocycles. The Morgan fingerprint density at radius 3 is 2.25 bits per heavy atom. The van der Waals surface area contributed by atoms with Gasteiger partial charge in [-0.2, -0.15) is 0 Å². The number of carbonyl (C=O) groups is 1. The molecular weight excluding hydrogens is 324 g/mol. The minimum absolute atomic E-state index is 0.0279. The van der Waals surface area contributed by atoms with Gasteiger partial charge in [-0.05, 0) is 50.9 Å². The summed E-state index contributed by atoms with van der Waals surface area (Å²) in [7, 11) is -3.12. The van der Waals surface area contributed by atoms with Gasteiger partial charge in [0.25, 0.3) is 0 Å². The molecule has 2 heterocycles. The molecular formula is C18H32N2O3S. The van der Waals surface area contributed by atoms with Gasteiger partial charge in [-0.25, -0.2) is 12.7 Å². The number of amides is 1. The van der Waals surface area contributed by atoms with Crippen molar-refractivity contribution >= 4 is 15.9 Å². The average Bonchev–Trinajstić information content (AvgIpc) is 3.25. The van der Waals surface area contributed by atoms with Crippen molar-refractivity contribution in [2.45, 2.75) is 70.8 Å². The van der Waals surface area contributed by atoms with E-state index in [1.807, 2.05) is 6.92 Å². The number of hydrogen-bond acceptors (Lipinski definition) is 3. The van der Waals surface area contributed by atoms with E-state index < -0.39 is 10.0 Å². The molecule has 6 heteroatoms. The summed E-state index contributed by atoms with van der Waals surface area (Å²) in [6, 6.07) is 0.460. The van der Waals surface area contributed by atoms with Crippen molar-refractivity contribution in [1.29, 1.82) is 0 Å². The highest BCUT2D eigenvalue weighted by molar-refractivity contribution is 7.89. The minimum Gasteiger partial charge on any atom is -0.339 e. The first-order chi connectivity index (χ1) is 11.5. The van der Waals surface area contributed by atoms with Crippen molar-refractivity contribution in [2.75, 3.05) is 25.4 Å². The van der Waals surface area contributed by atoms with Crippen LogP contribution >= 0.6 is 0 Å². The zero-order valence-electron chi connectivity index (χ0n) is 15.0. The van der Waals surface area contributed by atoms with E-state index in [0.717, 1.165) is 13.0 Å². The molecule has 3 aliphatic rings. The molecule has 2 saturated heterocycles. The molecule has 0 N–H and O–H groups in total. The van der Waals surface area contributed by atoms with Crippen LogP contribution in [0.15, 0.2) is 0 Å². The van der Waals surface area contributed by atoms with Crippen LogP contribution in [0.4, 0.5) is 0 Å². The summed E-state index contributed by atoms with van der Waals surface area (Å²) in [5, 5.41) is 0. The van der Waals surface area contributed by atoms with Crippen LogP contribution in [-0.2, 0) is 14.8 Å². The molecule has 0 aromatic rings. The van der Waals surface area contributed by atoms with E-state index in [4.69, 9.17) is 0 Å². The molecule has 1 atom stereocenters. The topological polar surface area (TPSA) is 57.7 Å². The highest BCUT2D eigenvalue weighted by Crippen LogP contribution is 2.36. The maximum absolute atomic E-state index is 13.0. The van der Waals surface area contributed by atoms with Gasteiger partial charge in [0.1, 0.15) is 0 Å². The van der Waals surface area contributed by atoms with Gasteiger partial charge >= 0.3 is 0 Å². The van der Waals surface area contributed by atoms with Gasteiger partial charge in [-0.15, -0.1) is 0 Å². The third kappa shape index (κ3) is 3.79. The zero-order chi connectivity index (χ0) is 17.2. The first-order valence-electron chi connectivity index (χ1n) is 9.81. The molecule has 0 radical (unpaired) electrons. The van der Waals surface area contributed by atoms with Crippen LogP contribution < -0.4 is 0 Å². The normalized spacial score (nSPS) is 27.9. The Morgan fingerprint density at radius 2 is 1.62 bits per heavy atom. The molecule has 24 heavy (non-hydrogen) atoms. The van der Waals surface area contributed by atoms with Gasteiger partial charge in [-0.1, -0.05) is 19.8 Å². The second-order valence-corrected chi connectivity index (χ2v) is 9.86. The minimum atomic E-state index is -3.12. The van der Waals surface area contributed by atoms with Crippen LogP contribution in [0.1, 0.15) is 64.7 Å². The van der Waals surface area contributed by atoms with Crippen LogP contribution in [0.3, 0.4) is 0 Å². The van der Waals surface area contributed by atoms with E-state index in [2.05, 4.69) is 4.90 Å². The highest BCUT2D eigenvalue weighted by Gasteiger charge is 2.39. The van der Waals surface area contributed by atoms with E-state index in [0.29, 0.717) is 50.2 Å². The number of sulfonamides is 1. The van der Waals surface area contributed by atoms with Crippen molar-refractivity contribution in [3.05, 3.63) is 0 Å². The second-order valence-electron chi connectivity index (χ2n) is 7.78. The van der Waals surface area contributed by atoms with Crippen LogP contribution in [0.5, 0.6) is 0 Å². The van der Waals surface area contributed by atoms with E-state index in [1.165, 1.54) is 32.1 Å². The number of rotatable bonds is 5. The van der Waals surface area contributed by atoms with Crippen molar-refractivity contribution in [3.8, 4) is 0 Å². The molecule has 0 spiro atoms. The molecule has 1 saturated carbocycles. The number of nitrogens with zero attached hydrogens (tertiary/aromatic N) is 2. The molecule has 0 bridgehead atoms. The fourth-order valence-corrected chi connectivity index (χ4v) is 6.44. The lowest BCUT2D eigenvalue weighted by atomic mass is 9.92. The Bertz CT molecular complexity index is 534. The molecule has 3 rings (SSSR count). The third-order valence-corrected chi connectivity index (χ3v) is 8.26. The summed E-state index contributed by atoms with van der Waals surface area (Å²) in [6.07, 6.45) is 9.53. The molecule has 0 aromatic carbocycles. The Morgan fingerprint density at radius 1 is 0.958 bits per heavy atom. The smallest absolute Gasteiger partial charge is 0.226 e. The second kappa shape index (κ2) is 7.73. The summed E-state index contributed by atoms with van der Waals surface area (Å²) in [4.78, 5) is 15.2. The zero-order valence-corrected chi connectivity index (χ0v) is 15.8. The number of hydrogen-bond donors (Lipinski definition) is 0. The Kier molecular flexibility index (Phi) is 5.85. The van der Waals surface area contributed by atoms with E-state index in [1.54, 1.807) is 4.31 Å². The predicted molar refractivity (Wildman–Crippen MR) is 95.1 cm³/mol. The summed E-state index contributed by atoms with van der Waals surface area (Å²) < 4.78 is 25.9. The maximum Gasteiger partial charge on any atom is 0.226 e. The maximum atomic E-state index is 13.0. The first-order valence-corrected chi connectivity index (χ1v) is 11.4. The summed E-state index contributed by atoms with van der Waals surface area (Å²) in [5.74, 6) is 1.26. The predicted octanol–water partition coefficient (Wildman–Crippen LogP) is 2.62. The van der Waals surface area contributed by atoms with Gasteiger partial charge in [0, 0.05) is 31.6 Å². The van der Waals surface area contributed by atoms with Gasteiger partial charge in [0.2, 0.25) is 15.9 Å². The largest absolute Gasteiger partial charge is 0.339 e. The van der Waals surface area contributed by atoms with E-state index in [9.17, 15) is 13.2 Å². The lowest BCUT2D eigenvalue weighted by Crippen LogP contribution is -2.47. The molecule has 0 aromatic heterocycles. The Hall–Kier alpha value is -0.620. The molecule has 138 valence electrons.